The van der Waals surface area contributed by atoms with Gasteiger partial charge in [0, 0.05) is 24.7 Å². The molecule has 0 saturated heterocycles. The number of hydrogen-bond acceptors (Lipinski definition) is 7. The van der Waals surface area contributed by atoms with Gasteiger partial charge >= 0.3 is 5.97 Å². The molecule has 5 aromatic rings. The number of rotatable bonds is 13. The molecule has 1 aliphatic rings. The third kappa shape index (κ3) is 8.52. The van der Waals surface area contributed by atoms with Crippen LogP contribution in [0, 0.1) is 18.3 Å². The molecule has 0 amide bonds. The number of carboxylic acids is 1. The number of halogens is 1. The van der Waals surface area contributed by atoms with Crippen LogP contribution in [0.15, 0.2) is 103 Å². The molecule has 5 aromatic carbocycles. The van der Waals surface area contributed by atoms with E-state index >= 15 is 0 Å². The zero-order chi connectivity index (χ0) is 34.2. The molecule has 8 nitrogen and oxygen atoms in total. The van der Waals surface area contributed by atoms with Gasteiger partial charge in [-0.1, -0.05) is 78.3 Å². The molecule has 1 heterocycles. The highest BCUT2D eigenvalue weighted by Gasteiger charge is 2.19. The van der Waals surface area contributed by atoms with Crippen LogP contribution in [0.4, 0.5) is 0 Å². The lowest BCUT2D eigenvalue weighted by Gasteiger charge is -2.23. The maximum absolute atomic E-state index is 11.8. The Labute approximate surface area is 290 Å². The average molecular weight is 675 g/mol. The summed E-state index contributed by atoms with van der Waals surface area (Å²) < 4.78 is 24.2. The van der Waals surface area contributed by atoms with E-state index in [0.29, 0.717) is 47.4 Å². The van der Waals surface area contributed by atoms with Crippen LogP contribution in [-0.2, 0) is 31.1 Å². The molecule has 0 unspecified atom stereocenters. The molecule has 0 spiro atoms. The molecule has 9 heteroatoms. The second-order valence-corrected chi connectivity index (χ2v) is 12.2. The minimum absolute atomic E-state index is 0.173. The van der Waals surface area contributed by atoms with E-state index in [2.05, 4.69) is 19.1 Å². The fraction of sp³-hybridized carbons (Fsp3) is 0.200. The van der Waals surface area contributed by atoms with Crippen molar-refractivity contribution < 1.29 is 28.8 Å². The molecule has 0 atom stereocenters. The lowest BCUT2D eigenvalue weighted by molar-refractivity contribution is -0.138. The van der Waals surface area contributed by atoms with E-state index < -0.39 is 5.97 Å². The predicted octanol–water partition coefficient (Wildman–Crippen LogP) is 8.20. The number of fused-ring (bicyclic) bond motifs is 1. The van der Waals surface area contributed by atoms with Gasteiger partial charge in [0.15, 0.2) is 11.5 Å². The molecule has 1 aliphatic heterocycles. The van der Waals surface area contributed by atoms with Gasteiger partial charge < -0.3 is 24.1 Å². The van der Waals surface area contributed by atoms with Crippen LogP contribution in [0.3, 0.4) is 0 Å². The highest BCUT2D eigenvalue weighted by Crippen LogP contribution is 2.38. The topological polar surface area (TPSA) is 101 Å². The number of benzene rings is 5. The van der Waals surface area contributed by atoms with Gasteiger partial charge in [0.1, 0.15) is 37.9 Å². The van der Waals surface area contributed by atoms with Gasteiger partial charge in [-0.25, -0.2) is 0 Å². The second kappa shape index (κ2) is 15.6. The van der Waals surface area contributed by atoms with Gasteiger partial charge in [-0.3, -0.25) is 9.69 Å². The van der Waals surface area contributed by atoms with Crippen LogP contribution in [0.25, 0.3) is 11.1 Å². The van der Waals surface area contributed by atoms with E-state index in [4.69, 9.17) is 30.5 Å². The molecule has 0 aromatic heterocycles. The molecule has 0 fully saturated rings. The summed E-state index contributed by atoms with van der Waals surface area (Å²) in [6.07, 6.45) is 0. The van der Waals surface area contributed by atoms with E-state index in [-0.39, 0.29) is 26.3 Å². The van der Waals surface area contributed by atoms with E-state index in [0.717, 1.165) is 44.9 Å². The maximum atomic E-state index is 11.8. The van der Waals surface area contributed by atoms with Crippen molar-refractivity contribution in [3.63, 3.8) is 0 Å². The van der Waals surface area contributed by atoms with Crippen LogP contribution in [-0.4, -0.2) is 35.7 Å². The monoisotopic (exact) mass is 674 g/mol. The number of carboxylic acid groups (broad SMARTS) is 1. The number of aliphatic carboxylic acids is 1. The predicted molar refractivity (Wildman–Crippen MR) is 187 cm³/mol. The zero-order valence-electron chi connectivity index (χ0n) is 27.0. The quantitative estimate of drug-likeness (QED) is 0.133. The van der Waals surface area contributed by atoms with E-state index in [1.165, 1.54) is 0 Å². The molecular weight excluding hydrogens is 640 g/mol. The highest BCUT2D eigenvalue weighted by molar-refractivity contribution is 6.32. The zero-order valence-corrected chi connectivity index (χ0v) is 27.8. The Morgan fingerprint density at radius 3 is 2.37 bits per heavy atom. The summed E-state index contributed by atoms with van der Waals surface area (Å²) in [5, 5.41) is 19.4. The van der Waals surface area contributed by atoms with Crippen LogP contribution < -0.4 is 18.9 Å². The summed E-state index contributed by atoms with van der Waals surface area (Å²) in [6.45, 7) is 4.08. The van der Waals surface area contributed by atoms with Crippen molar-refractivity contribution in [1.82, 2.24) is 4.90 Å². The minimum Gasteiger partial charge on any atom is -0.488 e. The smallest absolute Gasteiger partial charge is 0.317 e. The summed E-state index contributed by atoms with van der Waals surface area (Å²) in [5.74, 6) is 1.48. The normalized spacial score (nSPS) is 12.0. The molecule has 49 heavy (non-hydrogen) atoms. The fourth-order valence-electron chi connectivity index (χ4n) is 5.80. The van der Waals surface area contributed by atoms with Crippen molar-refractivity contribution in [2.24, 2.45) is 0 Å². The molecule has 0 saturated carbocycles. The molecule has 0 bridgehead atoms. The van der Waals surface area contributed by atoms with Crippen molar-refractivity contribution in [2.75, 3.05) is 19.8 Å². The molecule has 0 aliphatic carbocycles. The van der Waals surface area contributed by atoms with E-state index in [9.17, 15) is 15.2 Å². The largest absolute Gasteiger partial charge is 0.488 e. The maximum Gasteiger partial charge on any atom is 0.317 e. The Bertz CT molecular complexity index is 1990. The lowest BCUT2D eigenvalue weighted by Crippen LogP contribution is -2.29. The first kappa shape index (κ1) is 33.4. The van der Waals surface area contributed by atoms with Crippen molar-refractivity contribution in [2.45, 2.75) is 33.2 Å². The summed E-state index contributed by atoms with van der Waals surface area (Å²) in [7, 11) is 0. The van der Waals surface area contributed by atoms with Gasteiger partial charge in [-0.05, 0) is 70.6 Å². The Hall–Kier alpha value is -5.49. The number of hydrogen-bond donors (Lipinski definition) is 1. The van der Waals surface area contributed by atoms with Crippen molar-refractivity contribution in [1.29, 1.82) is 5.26 Å². The summed E-state index contributed by atoms with van der Waals surface area (Å²) in [6, 6.07) is 34.6. The van der Waals surface area contributed by atoms with Crippen molar-refractivity contribution >= 4 is 17.6 Å². The number of ether oxygens (including phenoxy) is 4. The molecule has 6 rings (SSSR count). The Morgan fingerprint density at radius 2 is 1.57 bits per heavy atom. The molecule has 0 radical (unpaired) electrons. The van der Waals surface area contributed by atoms with Crippen LogP contribution in [0.1, 0.15) is 33.4 Å². The summed E-state index contributed by atoms with van der Waals surface area (Å²) >= 11 is 6.83. The van der Waals surface area contributed by atoms with Crippen molar-refractivity contribution in [3.8, 4) is 40.2 Å². The molecule has 248 valence electrons. The lowest BCUT2D eigenvalue weighted by atomic mass is 9.96. The van der Waals surface area contributed by atoms with E-state index in [1.54, 1.807) is 24.3 Å². The van der Waals surface area contributed by atoms with Gasteiger partial charge in [0.25, 0.3) is 0 Å². The van der Waals surface area contributed by atoms with Crippen LogP contribution in [0.2, 0.25) is 5.02 Å². The molecular formula is C40H35ClN2O6. The van der Waals surface area contributed by atoms with Gasteiger partial charge in [0.05, 0.1) is 23.2 Å². The first-order valence-corrected chi connectivity index (χ1v) is 16.3. The van der Waals surface area contributed by atoms with Gasteiger partial charge in [-0.15, -0.1) is 0 Å². The first-order chi connectivity index (χ1) is 23.9. The van der Waals surface area contributed by atoms with Crippen molar-refractivity contribution in [3.05, 3.63) is 142 Å². The highest BCUT2D eigenvalue weighted by atomic mass is 35.5. The Morgan fingerprint density at radius 1 is 0.816 bits per heavy atom. The Balaban J connectivity index is 1.26. The van der Waals surface area contributed by atoms with Gasteiger partial charge in [0.2, 0.25) is 0 Å². The average Bonchev–Trinajstić information content (AvgIpc) is 3.11. The van der Waals surface area contributed by atoms with Crippen LogP contribution in [0.5, 0.6) is 23.0 Å². The molecule has 1 N–H and O–H groups in total. The SMILES string of the molecule is Cc1c(COc2cc(OCc3cccc(C#N)c3)c(CN(CC(=O)O)Cc3ccccc3)cc2Cl)cccc1-c1ccc2c(c1)OCCO2. The van der Waals surface area contributed by atoms with E-state index in [1.807, 2.05) is 77.7 Å². The third-order valence-electron chi connectivity index (χ3n) is 8.25. The second-order valence-electron chi connectivity index (χ2n) is 11.8. The van der Waals surface area contributed by atoms with Crippen LogP contribution >= 0.6 is 11.6 Å². The number of nitriles is 1. The third-order valence-corrected chi connectivity index (χ3v) is 8.54. The first-order valence-electron chi connectivity index (χ1n) is 15.9. The fourth-order valence-corrected chi connectivity index (χ4v) is 6.04. The minimum atomic E-state index is -0.938. The number of nitrogens with zero attached hydrogens (tertiary/aromatic N) is 2. The van der Waals surface area contributed by atoms with Gasteiger partial charge in [-0.2, -0.15) is 5.26 Å². The summed E-state index contributed by atoms with van der Waals surface area (Å²) in [5.41, 5.74) is 7.17. The standard InChI is InChI=1S/C40H35ClN2O6/c1-27-32(11-6-12-34(27)31-13-14-36-39(19-31)47-16-15-46-36)26-49-38-20-37(48-25-30-10-5-9-29(17-30)21-42)33(18-35(38)41)23-43(24-40(44)45)22-28-7-3-2-4-8-28/h2-14,17-20H,15-16,22-26H2,1H3,(H,44,45). The summed E-state index contributed by atoms with van der Waals surface area (Å²) in [4.78, 5) is 13.7. The number of carbonyl (C=O) groups is 1. The Kier molecular flexibility index (Phi) is 10.6.